The van der Waals surface area contributed by atoms with E-state index in [1.165, 1.54) is 12.8 Å². The second-order valence-electron chi connectivity index (χ2n) is 12.4. The van der Waals surface area contributed by atoms with Gasteiger partial charge < -0.3 is 55.5 Å². The van der Waals surface area contributed by atoms with Crippen LogP contribution in [0.2, 0.25) is 0 Å². The molecule has 2 aromatic rings. The van der Waals surface area contributed by atoms with Crippen molar-refractivity contribution in [1.82, 2.24) is 40.0 Å². The molecule has 0 saturated heterocycles. The van der Waals surface area contributed by atoms with Crippen molar-refractivity contribution in [3.8, 4) is 0 Å². The van der Waals surface area contributed by atoms with E-state index in [1.807, 2.05) is 38.9 Å². The van der Waals surface area contributed by atoms with Crippen molar-refractivity contribution in [2.45, 2.75) is 115 Å². The third-order valence-corrected chi connectivity index (χ3v) is 8.30. The van der Waals surface area contributed by atoms with Crippen LogP contribution in [-0.2, 0) is 76.4 Å². The molecule has 313 valence electrons. The van der Waals surface area contributed by atoms with Gasteiger partial charge in [-0.1, -0.05) is 38.5 Å². The number of aliphatic carboxylic acids is 3. The van der Waals surface area contributed by atoms with Crippen molar-refractivity contribution in [3.05, 3.63) is 36.4 Å². The van der Waals surface area contributed by atoms with E-state index in [4.69, 9.17) is 19.8 Å². The van der Waals surface area contributed by atoms with Gasteiger partial charge in [-0.2, -0.15) is 0 Å². The van der Waals surface area contributed by atoms with Crippen LogP contribution >= 0.6 is 0 Å². The molecule has 0 spiro atoms. The maximum absolute atomic E-state index is 12.2. The monoisotopic (exact) mass is 953 g/mol. The molecule has 0 saturated carbocycles. The van der Waals surface area contributed by atoms with Gasteiger partial charge in [0, 0.05) is 78.7 Å². The Morgan fingerprint density at radius 3 is 1.58 bits per heavy atom. The number of amides is 3. The standard InChI is InChI=1S/C33H54N8O8.2CHO.H2O.Re/c1-39-21-18-34-27(39)23-41(24-28-35-19-22-40(28)2)20-12-8-6-4-3-5-7-9-14-29(42)36-17-11-10-13-25(31(45)46)37-33(49)38-26(32(47)48)15-16-30(43)44;2*1-2;;/h18-19,21-22,25-26H,3-17,20,23-24H2,1-2H3,(H,36,42)(H,43,44)(H,45,46)(H,47,48)(H2,37,38,49);2*1H;1H2;/q;2*-1;;/t25?,26-;;;;/m0..../s1. The molecule has 1 radical (unpaired) electrons. The second-order valence-corrected chi connectivity index (χ2v) is 12.4. The molecule has 55 heavy (non-hydrogen) atoms. The molecule has 8 N–H and O–H groups in total. The Balaban J connectivity index is -0.00000435. The Hall–Kier alpha value is -4.51. The molecule has 0 aliphatic heterocycles. The Bertz CT molecular complexity index is 1320. The molecule has 2 atom stereocenters. The number of aryl methyl sites for hydroxylation is 2. The minimum atomic E-state index is -1.46. The zero-order chi connectivity index (χ0) is 40.0. The third kappa shape index (κ3) is 26.0. The van der Waals surface area contributed by atoms with Gasteiger partial charge in [-0.05, 0) is 45.1 Å². The first-order valence-corrected chi connectivity index (χ1v) is 17.6. The van der Waals surface area contributed by atoms with Gasteiger partial charge in [-0.25, -0.2) is 24.4 Å². The van der Waals surface area contributed by atoms with Crippen LogP contribution < -0.4 is 16.0 Å². The molecule has 0 bridgehead atoms. The summed E-state index contributed by atoms with van der Waals surface area (Å²) in [5, 5.41) is 34.4. The van der Waals surface area contributed by atoms with Gasteiger partial charge in [0.2, 0.25) is 5.91 Å². The number of aromatic nitrogens is 4. The summed E-state index contributed by atoms with van der Waals surface area (Å²) in [5.41, 5.74) is 0. The first-order chi connectivity index (χ1) is 25.5. The smallest absolute Gasteiger partial charge is 0.326 e. The van der Waals surface area contributed by atoms with E-state index in [9.17, 15) is 29.1 Å². The number of nitrogens with one attached hydrogen (secondary N) is 3. The summed E-state index contributed by atoms with van der Waals surface area (Å²) in [6.07, 6.45) is 16.9. The molecule has 19 nitrogen and oxygen atoms in total. The largest absolute Gasteiger partial charge is 0.545 e. The summed E-state index contributed by atoms with van der Waals surface area (Å²) < 4.78 is 4.11. The first-order valence-electron chi connectivity index (χ1n) is 17.6. The number of hydrogen-bond donors (Lipinski definition) is 6. The summed E-state index contributed by atoms with van der Waals surface area (Å²) in [6, 6.07) is -3.72. The van der Waals surface area contributed by atoms with Crippen molar-refractivity contribution >= 4 is 43.4 Å². The summed E-state index contributed by atoms with van der Waals surface area (Å²) >= 11 is 0. The number of urea groups is 1. The van der Waals surface area contributed by atoms with E-state index in [0.29, 0.717) is 25.8 Å². The van der Waals surface area contributed by atoms with Gasteiger partial charge in [0.15, 0.2) is 0 Å². The van der Waals surface area contributed by atoms with Gasteiger partial charge in [0.1, 0.15) is 23.7 Å². The van der Waals surface area contributed by atoms with Crippen molar-refractivity contribution in [1.29, 1.82) is 0 Å². The Labute approximate surface area is 336 Å². The minimum absolute atomic E-state index is 0. The molecule has 2 aromatic heterocycles. The second kappa shape index (κ2) is 34.0. The number of carbonyl (C=O) groups excluding carboxylic acids is 4. The fraction of sp³-hybridized carbons (Fsp3) is 0.629. The number of carboxylic acid groups (broad SMARTS) is 3. The number of carbonyl (C=O) groups is 5. The molecule has 0 fully saturated rings. The predicted molar refractivity (Wildman–Crippen MR) is 197 cm³/mol. The van der Waals surface area contributed by atoms with Crippen LogP contribution in [0.4, 0.5) is 4.79 Å². The quantitative estimate of drug-likeness (QED) is 0.0423. The van der Waals surface area contributed by atoms with Crippen LogP contribution in [0.3, 0.4) is 0 Å². The minimum Gasteiger partial charge on any atom is -0.545 e. The number of rotatable bonds is 27. The Morgan fingerprint density at radius 1 is 0.691 bits per heavy atom. The average Bonchev–Trinajstić information content (AvgIpc) is 3.73. The summed E-state index contributed by atoms with van der Waals surface area (Å²) in [4.78, 5) is 84.6. The fourth-order valence-corrected chi connectivity index (χ4v) is 5.32. The van der Waals surface area contributed by atoms with Crippen LogP contribution in [0.5, 0.6) is 0 Å². The van der Waals surface area contributed by atoms with E-state index in [1.54, 1.807) is 0 Å². The van der Waals surface area contributed by atoms with Crippen molar-refractivity contribution in [2.24, 2.45) is 14.1 Å². The molecule has 0 aliphatic rings. The predicted octanol–water partition coefficient (Wildman–Crippen LogP) is 1.65. The topological polar surface area (TPSA) is 287 Å². The van der Waals surface area contributed by atoms with Gasteiger partial charge in [-0.15, -0.1) is 0 Å². The Kier molecular flexibility index (Phi) is 33.9. The zero-order valence-electron chi connectivity index (χ0n) is 31.7. The van der Waals surface area contributed by atoms with E-state index >= 15 is 0 Å². The van der Waals surface area contributed by atoms with Crippen molar-refractivity contribution in [3.63, 3.8) is 0 Å². The maximum atomic E-state index is 12.2. The van der Waals surface area contributed by atoms with Crippen LogP contribution in [0.1, 0.15) is 102 Å². The zero-order valence-corrected chi connectivity index (χ0v) is 34.4. The molecule has 2 rings (SSSR count). The average molecular weight is 953 g/mol. The molecule has 2 heterocycles. The van der Waals surface area contributed by atoms with Gasteiger partial charge in [-0.3, -0.25) is 28.1 Å². The van der Waals surface area contributed by atoms with Gasteiger partial charge in [0.05, 0.1) is 13.1 Å². The van der Waals surface area contributed by atoms with Crippen molar-refractivity contribution in [2.75, 3.05) is 13.1 Å². The molecular formula is C35H58N8O11Re-2. The Morgan fingerprint density at radius 2 is 1.15 bits per heavy atom. The first kappa shape index (κ1) is 54.8. The summed E-state index contributed by atoms with van der Waals surface area (Å²) in [5.74, 6) is -1.88. The number of imidazole rings is 2. The van der Waals surface area contributed by atoms with E-state index in [-0.39, 0.29) is 44.6 Å². The van der Waals surface area contributed by atoms with Crippen LogP contribution in [-0.4, -0.2) is 113 Å². The molecule has 0 aromatic carbocycles. The van der Waals surface area contributed by atoms with Crippen LogP contribution in [0.25, 0.3) is 0 Å². The van der Waals surface area contributed by atoms with Gasteiger partial charge >= 0.3 is 23.9 Å². The molecule has 0 aliphatic carbocycles. The van der Waals surface area contributed by atoms with Crippen LogP contribution in [0, 0.1) is 0 Å². The van der Waals surface area contributed by atoms with E-state index in [0.717, 1.165) is 69.8 Å². The molecular weight excluding hydrogens is 895 g/mol. The number of hydrogen-bond acceptors (Lipinski definition) is 10. The van der Waals surface area contributed by atoms with Crippen molar-refractivity contribution < 1.29 is 74.8 Å². The fourth-order valence-electron chi connectivity index (χ4n) is 5.32. The van der Waals surface area contributed by atoms with Crippen LogP contribution in [0.15, 0.2) is 24.8 Å². The SMILES string of the molecule is Cn1ccnc1CN(CCCCCCCCCCC(=O)NCCCCC(NC(=O)N[C@@H](CCC(=O)O)C(=O)O)C(=O)O)Cc1nccn1C.O.[CH-]=O.[CH-]=O.[Re]. The molecule has 1 unspecified atom stereocenters. The summed E-state index contributed by atoms with van der Waals surface area (Å²) in [6.45, 7) is 9.43. The van der Waals surface area contributed by atoms with E-state index < -0.39 is 42.4 Å². The number of unbranched alkanes of at least 4 members (excludes halogenated alkanes) is 8. The molecule has 20 heteroatoms. The molecule has 3 amide bonds. The summed E-state index contributed by atoms with van der Waals surface area (Å²) in [7, 11) is 4.03. The number of carboxylic acids is 3. The third-order valence-electron chi connectivity index (χ3n) is 8.30. The normalized spacial score (nSPS) is 11.2. The van der Waals surface area contributed by atoms with E-state index in [2.05, 4.69) is 53.5 Å². The maximum Gasteiger partial charge on any atom is 0.326 e. The van der Waals surface area contributed by atoms with Gasteiger partial charge in [0.25, 0.3) is 0 Å². The number of nitrogens with zero attached hydrogens (tertiary/aromatic N) is 5.